The molecule has 0 radical (unpaired) electrons. The van der Waals surface area contributed by atoms with Gasteiger partial charge in [0.15, 0.2) is 0 Å². The Labute approximate surface area is 169 Å². The SMILES string of the molecule is Brc1ccc(C(=Cc2ccc(-c3ccccc3)cc2)c2ccccc2)cc1. The van der Waals surface area contributed by atoms with E-state index in [1.165, 1.54) is 33.4 Å². The minimum Gasteiger partial charge on any atom is -0.0622 e. The highest BCUT2D eigenvalue weighted by molar-refractivity contribution is 9.10. The molecule has 0 aromatic heterocycles. The van der Waals surface area contributed by atoms with E-state index in [-0.39, 0.29) is 0 Å². The molecule has 0 amide bonds. The summed E-state index contributed by atoms with van der Waals surface area (Å²) in [5.41, 5.74) is 7.30. The molecule has 4 aromatic carbocycles. The molecular formula is C26H19Br. The van der Waals surface area contributed by atoms with Gasteiger partial charge in [-0.2, -0.15) is 0 Å². The Hall–Kier alpha value is -2.90. The molecule has 0 aliphatic heterocycles. The van der Waals surface area contributed by atoms with Crippen LogP contribution < -0.4 is 0 Å². The van der Waals surface area contributed by atoms with Crippen LogP contribution in [0.3, 0.4) is 0 Å². The Morgan fingerprint density at radius 1 is 0.519 bits per heavy atom. The molecule has 0 nitrogen and oxygen atoms in total. The van der Waals surface area contributed by atoms with Crippen LogP contribution in [0.1, 0.15) is 16.7 Å². The molecule has 4 aromatic rings. The fourth-order valence-electron chi connectivity index (χ4n) is 3.15. The summed E-state index contributed by atoms with van der Waals surface area (Å²) in [4.78, 5) is 0. The molecule has 0 N–H and O–H groups in total. The topological polar surface area (TPSA) is 0 Å². The van der Waals surface area contributed by atoms with Gasteiger partial charge in [0.2, 0.25) is 0 Å². The van der Waals surface area contributed by atoms with E-state index in [1.807, 2.05) is 6.07 Å². The van der Waals surface area contributed by atoms with Crippen LogP contribution in [0, 0.1) is 0 Å². The third-order valence-electron chi connectivity index (χ3n) is 4.57. The zero-order valence-corrected chi connectivity index (χ0v) is 16.4. The second-order valence-corrected chi connectivity index (χ2v) is 7.33. The summed E-state index contributed by atoms with van der Waals surface area (Å²) in [6.45, 7) is 0. The van der Waals surface area contributed by atoms with E-state index in [1.54, 1.807) is 0 Å². The molecule has 0 fully saturated rings. The van der Waals surface area contributed by atoms with Crippen LogP contribution in [0.2, 0.25) is 0 Å². The average molecular weight is 411 g/mol. The van der Waals surface area contributed by atoms with Crippen LogP contribution in [0.15, 0.2) is 114 Å². The van der Waals surface area contributed by atoms with Gasteiger partial charge in [0.1, 0.15) is 0 Å². The summed E-state index contributed by atoms with van der Waals surface area (Å²) >= 11 is 3.53. The lowest BCUT2D eigenvalue weighted by Gasteiger charge is -2.10. The second-order valence-electron chi connectivity index (χ2n) is 6.42. The van der Waals surface area contributed by atoms with Crippen LogP contribution in [0.4, 0.5) is 0 Å². The van der Waals surface area contributed by atoms with E-state index >= 15 is 0 Å². The lowest BCUT2D eigenvalue weighted by atomic mass is 9.95. The van der Waals surface area contributed by atoms with Crippen molar-refractivity contribution < 1.29 is 0 Å². The van der Waals surface area contributed by atoms with Gasteiger partial charge in [0.25, 0.3) is 0 Å². The highest BCUT2D eigenvalue weighted by Crippen LogP contribution is 2.28. The lowest BCUT2D eigenvalue weighted by Crippen LogP contribution is -1.88. The van der Waals surface area contributed by atoms with Crippen molar-refractivity contribution in [1.82, 2.24) is 0 Å². The average Bonchev–Trinajstić information content (AvgIpc) is 2.74. The molecule has 0 aliphatic rings. The fraction of sp³-hybridized carbons (Fsp3) is 0. The van der Waals surface area contributed by atoms with E-state index < -0.39 is 0 Å². The minimum absolute atomic E-state index is 1.09. The first kappa shape index (κ1) is 17.5. The third-order valence-corrected chi connectivity index (χ3v) is 5.10. The van der Waals surface area contributed by atoms with Crippen molar-refractivity contribution in [2.45, 2.75) is 0 Å². The maximum atomic E-state index is 3.53. The number of halogens is 1. The van der Waals surface area contributed by atoms with Gasteiger partial charge >= 0.3 is 0 Å². The van der Waals surface area contributed by atoms with E-state index in [0.717, 1.165) is 4.47 Å². The maximum Gasteiger partial charge on any atom is 0.0175 e. The molecule has 0 bridgehead atoms. The van der Waals surface area contributed by atoms with Crippen molar-refractivity contribution in [2.75, 3.05) is 0 Å². The Morgan fingerprint density at radius 2 is 1.04 bits per heavy atom. The quantitative estimate of drug-likeness (QED) is 0.302. The summed E-state index contributed by atoms with van der Waals surface area (Å²) in [5, 5.41) is 0. The van der Waals surface area contributed by atoms with Crippen LogP contribution in [-0.4, -0.2) is 0 Å². The number of rotatable bonds is 4. The third kappa shape index (κ3) is 4.27. The monoisotopic (exact) mass is 410 g/mol. The van der Waals surface area contributed by atoms with Gasteiger partial charge in [0.05, 0.1) is 0 Å². The first-order chi connectivity index (χ1) is 13.3. The molecule has 0 heterocycles. The van der Waals surface area contributed by atoms with Gasteiger partial charge in [-0.3, -0.25) is 0 Å². The van der Waals surface area contributed by atoms with Gasteiger partial charge in [0, 0.05) is 4.47 Å². The highest BCUT2D eigenvalue weighted by atomic mass is 79.9. The summed E-state index contributed by atoms with van der Waals surface area (Å²) < 4.78 is 1.09. The van der Waals surface area contributed by atoms with Crippen LogP contribution >= 0.6 is 15.9 Å². The van der Waals surface area contributed by atoms with Crippen molar-refractivity contribution in [3.8, 4) is 11.1 Å². The molecule has 4 rings (SSSR count). The Morgan fingerprint density at radius 3 is 1.67 bits per heavy atom. The minimum atomic E-state index is 1.09. The van der Waals surface area contributed by atoms with Gasteiger partial charge in [-0.25, -0.2) is 0 Å². The summed E-state index contributed by atoms with van der Waals surface area (Å²) in [7, 11) is 0. The predicted octanol–water partition coefficient (Wildman–Crippen LogP) is 7.71. The van der Waals surface area contributed by atoms with Gasteiger partial charge < -0.3 is 0 Å². The van der Waals surface area contributed by atoms with E-state index in [4.69, 9.17) is 0 Å². The van der Waals surface area contributed by atoms with Crippen LogP contribution in [-0.2, 0) is 0 Å². The lowest BCUT2D eigenvalue weighted by molar-refractivity contribution is 1.53. The molecule has 0 spiro atoms. The molecule has 0 atom stereocenters. The number of hydrogen-bond donors (Lipinski definition) is 0. The zero-order chi connectivity index (χ0) is 18.5. The van der Waals surface area contributed by atoms with E-state index in [2.05, 4.69) is 125 Å². The second kappa shape index (κ2) is 8.20. The molecule has 1 heteroatoms. The number of benzene rings is 4. The molecule has 0 unspecified atom stereocenters. The molecule has 130 valence electrons. The summed E-state index contributed by atoms with van der Waals surface area (Å²) in [6.07, 6.45) is 2.26. The van der Waals surface area contributed by atoms with E-state index in [0.29, 0.717) is 0 Å². The Kier molecular flexibility index (Phi) is 5.32. The predicted molar refractivity (Wildman–Crippen MR) is 119 cm³/mol. The normalized spacial score (nSPS) is 11.4. The summed E-state index contributed by atoms with van der Waals surface area (Å²) in [6, 6.07) is 38.2. The molecular weight excluding hydrogens is 392 g/mol. The van der Waals surface area contributed by atoms with Crippen molar-refractivity contribution in [3.05, 3.63) is 130 Å². The Balaban J connectivity index is 1.74. The van der Waals surface area contributed by atoms with Crippen molar-refractivity contribution in [3.63, 3.8) is 0 Å². The van der Waals surface area contributed by atoms with Crippen molar-refractivity contribution >= 4 is 27.6 Å². The highest BCUT2D eigenvalue weighted by Gasteiger charge is 2.06. The smallest absolute Gasteiger partial charge is 0.0175 e. The van der Waals surface area contributed by atoms with Gasteiger partial charge in [-0.1, -0.05) is 113 Å². The van der Waals surface area contributed by atoms with Crippen molar-refractivity contribution in [2.24, 2.45) is 0 Å². The van der Waals surface area contributed by atoms with Crippen molar-refractivity contribution in [1.29, 1.82) is 0 Å². The molecule has 0 saturated carbocycles. The fourth-order valence-corrected chi connectivity index (χ4v) is 3.41. The Bertz CT molecular complexity index is 1030. The van der Waals surface area contributed by atoms with Gasteiger partial charge in [-0.15, -0.1) is 0 Å². The molecule has 0 aliphatic carbocycles. The molecule has 27 heavy (non-hydrogen) atoms. The van der Waals surface area contributed by atoms with Crippen LogP contribution in [0.25, 0.3) is 22.8 Å². The first-order valence-corrected chi connectivity index (χ1v) is 9.77. The van der Waals surface area contributed by atoms with Crippen LogP contribution in [0.5, 0.6) is 0 Å². The standard InChI is InChI=1S/C26H19Br/c27-25-17-15-24(16-18-25)26(23-9-5-2-6-10-23)19-20-11-13-22(14-12-20)21-7-3-1-4-8-21/h1-19H. The largest absolute Gasteiger partial charge is 0.0622 e. The zero-order valence-electron chi connectivity index (χ0n) is 14.8. The molecule has 0 saturated heterocycles. The maximum absolute atomic E-state index is 3.53. The first-order valence-electron chi connectivity index (χ1n) is 8.98. The van der Waals surface area contributed by atoms with E-state index in [9.17, 15) is 0 Å². The van der Waals surface area contributed by atoms with Gasteiger partial charge in [-0.05, 0) is 51.6 Å². The number of hydrogen-bond acceptors (Lipinski definition) is 0. The summed E-state index contributed by atoms with van der Waals surface area (Å²) in [5.74, 6) is 0.